The number of aromatic hydroxyl groups is 1. The van der Waals surface area contributed by atoms with Gasteiger partial charge in [0.1, 0.15) is 5.82 Å². The van der Waals surface area contributed by atoms with Gasteiger partial charge in [0.05, 0.1) is 5.69 Å². The highest BCUT2D eigenvalue weighted by atomic mass is 19.1. The fraction of sp³-hybridized carbons (Fsp3) is 0.118. The van der Waals surface area contributed by atoms with E-state index in [9.17, 15) is 19.1 Å². The fourth-order valence-electron chi connectivity index (χ4n) is 2.37. The summed E-state index contributed by atoms with van der Waals surface area (Å²) in [5.41, 5.74) is 0.318. The molecular formula is C17H15FN4O3. The average Bonchev–Trinajstić information content (AvgIpc) is 2.63. The SMILES string of the molecule is CNc1cccn2c(=O)c(O)c(C(=O)NCc3ccc(F)cc3)nc12. The molecule has 2 heterocycles. The van der Waals surface area contributed by atoms with Crippen LogP contribution in [-0.2, 0) is 6.54 Å². The summed E-state index contributed by atoms with van der Waals surface area (Å²) in [5, 5.41) is 15.5. The largest absolute Gasteiger partial charge is 0.501 e. The fourth-order valence-corrected chi connectivity index (χ4v) is 2.37. The molecule has 0 saturated heterocycles. The second-order valence-electron chi connectivity index (χ2n) is 5.29. The molecule has 0 aliphatic heterocycles. The lowest BCUT2D eigenvalue weighted by Crippen LogP contribution is -2.27. The van der Waals surface area contributed by atoms with E-state index in [-0.39, 0.29) is 23.7 Å². The van der Waals surface area contributed by atoms with Gasteiger partial charge in [-0.05, 0) is 29.8 Å². The number of anilines is 1. The normalized spacial score (nSPS) is 10.6. The van der Waals surface area contributed by atoms with Crippen molar-refractivity contribution < 1.29 is 14.3 Å². The van der Waals surface area contributed by atoms with Crippen molar-refractivity contribution in [2.75, 3.05) is 12.4 Å². The summed E-state index contributed by atoms with van der Waals surface area (Å²) in [6.07, 6.45) is 1.45. The van der Waals surface area contributed by atoms with Crippen LogP contribution >= 0.6 is 0 Å². The number of carbonyl (C=O) groups is 1. The number of fused-ring (bicyclic) bond motifs is 1. The highest BCUT2D eigenvalue weighted by Gasteiger charge is 2.19. The molecule has 3 aromatic rings. The van der Waals surface area contributed by atoms with Crippen LogP contribution in [0.3, 0.4) is 0 Å². The minimum Gasteiger partial charge on any atom is -0.501 e. The van der Waals surface area contributed by atoms with Gasteiger partial charge < -0.3 is 15.7 Å². The molecule has 3 rings (SSSR count). The van der Waals surface area contributed by atoms with E-state index in [2.05, 4.69) is 15.6 Å². The van der Waals surface area contributed by atoms with Crippen LogP contribution in [-0.4, -0.2) is 27.4 Å². The molecule has 1 aromatic carbocycles. The van der Waals surface area contributed by atoms with Gasteiger partial charge in [-0.25, -0.2) is 9.37 Å². The first kappa shape index (κ1) is 16.4. The van der Waals surface area contributed by atoms with E-state index < -0.39 is 17.2 Å². The molecule has 0 fully saturated rings. The molecule has 8 heteroatoms. The Labute approximate surface area is 141 Å². The van der Waals surface area contributed by atoms with Crippen LogP contribution in [0.15, 0.2) is 47.4 Å². The Hall–Kier alpha value is -3.42. The first-order valence-corrected chi connectivity index (χ1v) is 7.46. The number of hydrogen-bond donors (Lipinski definition) is 3. The van der Waals surface area contributed by atoms with Gasteiger partial charge in [-0.1, -0.05) is 12.1 Å². The molecular weight excluding hydrogens is 327 g/mol. The van der Waals surface area contributed by atoms with Crippen molar-refractivity contribution in [3.05, 3.63) is 70.0 Å². The molecule has 0 saturated carbocycles. The zero-order valence-electron chi connectivity index (χ0n) is 13.3. The van der Waals surface area contributed by atoms with E-state index in [0.29, 0.717) is 11.3 Å². The number of aromatic nitrogens is 2. The van der Waals surface area contributed by atoms with Crippen molar-refractivity contribution in [2.45, 2.75) is 6.54 Å². The molecule has 2 aromatic heterocycles. The second kappa shape index (κ2) is 6.60. The van der Waals surface area contributed by atoms with Crippen molar-refractivity contribution in [3.63, 3.8) is 0 Å². The van der Waals surface area contributed by atoms with Crippen molar-refractivity contribution in [1.82, 2.24) is 14.7 Å². The Kier molecular flexibility index (Phi) is 4.34. The van der Waals surface area contributed by atoms with Crippen LogP contribution in [0.2, 0.25) is 0 Å². The molecule has 0 radical (unpaired) electrons. The molecule has 0 spiro atoms. The third-order valence-corrected chi connectivity index (χ3v) is 3.68. The number of halogens is 1. The van der Waals surface area contributed by atoms with Gasteiger partial charge in [0.25, 0.3) is 5.91 Å². The topological polar surface area (TPSA) is 95.7 Å². The van der Waals surface area contributed by atoms with E-state index >= 15 is 0 Å². The molecule has 128 valence electrons. The Bertz CT molecular complexity index is 999. The van der Waals surface area contributed by atoms with Gasteiger partial charge in [0.2, 0.25) is 5.75 Å². The van der Waals surface area contributed by atoms with E-state index in [0.717, 1.165) is 4.40 Å². The number of carbonyl (C=O) groups excluding carboxylic acids is 1. The van der Waals surface area contributed by atoms with Crippen molar-refractivity contribution >= 4 is 17.2 Å². The monoisotopic (exact) mass is 342 g/mol. The lowest BCUT2D eigenvalue weighted by Gasteiger charge is -2.10. The third-order valence-electron chi connectivity index (χ3n) is 3.68. The predicted molar refractivity (Wildman–Crippen MR) is 90.2 cm³/mol. The summed E-state index contributed by atoms with van der Waals surface area (Å²) < 4.78 is 14.0. The maximum absolute atomic E-state index is 12.9. The summed E-state index contributed by atoms with van der Waals surface area (Å²) in [7, 11) is 1.66. The van der Waals surface area contributed by atoms with Gasteiger partial charge in [-0.15, -0.1) is 0 Å². The average molecular weight is 342 g/mol. The number of rotatable bonds is 4. The summed E-state index contributed by atoms with van der Waals surface area (Å²) >= 11 is 0. The number of hydrogen-bond acceptors (Lipinski definition) is 5. The van der Waals surface area contributed by atoms with E-state index in [1.165, 1.54) is 30.5 Å². The van der Waals surface area contributed by atoms with Gasteiger partial charge in [-0.2, -0.15) is 0 Å². The summed E-state index contributed by atoms with van der Waals surface area (Å²) in [4.78, 5) is 28.7. The minimum absolute atomic E-state index is 0.104. The molecule has 25 heavy (non-hydrogen) atoms. The zero-order chi connectivity index (χ0) is 18.0. The van der Waals surface area contributed by atoms with Crippen LogP contribution in [0.1, 0.15) is 16.1 Å². The van der Waals surface area contributed by atoms with Gasteiger partial charge in [0.15, 0.2) is 11.3 Å². The number of nitrogens with zero attached hydrogens (tertiary/aromatic N) is 2. The van der Waals surface area contributed by atoms with E-state index in [1.54, 1.807) is 19.2 Å². The Morgan fingerprint density at radius 3 is 2.68 bits per heavy atom. The van der Waals surface area contributed by atoms with Crippen LogP contribution in [0.5, 0.6) is 5.75 Å². The number of amides is 1. The summed E-state index contributed by atoms with van der Waals surface area (Å²) in [6, 6.07) is 8.92. The lowest BCUT2D eigenvalue weighted by molar-refractivity contribution is 0.0942. The molecule has 0 aliphatic carbocycles. The molecule has 0 unspecified atom stereocenters. The smallest absolute Gasteiger partial charge is 0.300 e. The molecule has 0 atom stereocenters. The minimum atomic E-state index is -0.742. The molecule has 1 amide bonds. The van der Waals surface area contributed by atoms with Crippen LogP contribution in [0.4, 0.5) is 10.1 Å². The standard InChI is InChI=1S/C17H15FN4O3/c1-19-12-3-2-8-22-15(12)21-13(14(23)17(22)25)16(24)20-9-10-4-6-11(18)7-5-10/h2-8,19,23H,9H2,1H3,(H,20,24). The van der Waals surface area contributed by atoms with E-state index in [4.69, 9.17) is 0 Å². The zero-order valence-corrected chi connectivity index (χ0v) is 13.3. The van der Waals surface area contributed by atoms with Crippen LogP contribution < -0.4 is 16.2 Å². The van der Waals surface area contributed by atoms with Gasteiger partial charge >= 0.3 is 5.56 Å². The van der Waals surface area contributed by atoms with Crippen molar-refractivity contribution in [2.24, 2.45) is 0 Å². The second-order valence-corrected chi connectivity index (χ2v) is 5.29. The number of benzene rings is 1. The van der Waals surface area contributed by atoms with Crippen molar-refractivity contribution in [1.29, 1.82) is 0 Å². The van der Waals surface area contributed by atoms with Crippen LogP contribution in [0.25, 0.3) is 5.65 Å². The Morgan fingerprint density at radius 1 is 1.28 bits per heavy atom. The number of nitrogens with one attached hydrogen (secondary N) is 2. The quantitative estimate of drug-likeness (QED) is 0.668. The van der Waals surface area contributed by atoms with E-state index in [1.807, 2.05) is 0 Å². The maximum atomic E-state index is 12.9. The summed E-state index contributed by atoms with van der Waals surface area (Å²) in [5.74, 6) is -1.81. The van der Waals surface area contributed by atoms with Crippen LogP contribution in [0, 0.1) is 5.82 Å². The molecule has 0 bridgehead atoms. The molecule has 7 nitrogen and oxygen atoms in total. The first-order valence-electron chi connectivity index (χ1n) is 7.46. The Morgan fingerprint density at radius 2 is 2.00 bits per heavy atom. The van der Waals surface area contributed by atoms with Gasteiger partial charge in [-0.3, -0.25) is 14.0 Å². The molecule has 0 aliphatic rings. The highest BCUT2D eigenvalue weighted by molar-refractivity contribution is 5.95. The lowest BCUT2D eigenvalue weighted by atomic mass is 10.2. The maximum Gasteiger partial charge on any atom is 0.300 e. The molecule has 3 N–H and O–H groups in total. The Balaban J connectivity index is 1.94. The van der Waals surface area contributed by atoms with Crippen molar-refractivity contribution in [3.8, 4) is 5.75 Å². The number of pyridine rings is 1. The third kappa shape index (κ3) is 3.14. The van der Waals surface area contributed by atoms with Gasteiger partial charge in [0, 0.05) is 19.8 Å². The summed E-state index contributed by atoms with van der Waals surface area (Å²) in [6.45, 7) is 0.104. The predicted octanol–water partition coefficient (Wildman–Crippen LogP) is 1.51. The highest BCUT2D eigenvalue weighted by Crippen LogP contribution is 2.17. The first-order chi connectivity index (χ1) is 12.0.